The van der Waals surface area contributed by atoms with Crippen LogP contribution < -0.4 is 50.0 Å². The molecule has 500 valence electrons. The Labute approximate surface area is 549 Å². The Kier molecular flexibility index (Phi) is 17.6. The van der Waals surface area contributed by atoms with Gasteiger partial charge in [0.15, 0.2) is 34.0 Å². The van der Waals surface area contributed by atoms with Crippen molar-refractivity contribution < 1.29 is 54.4 Å². The summed E-state index contributed by atoms with van der Waals surface area (Å²) in [4.78, 5) is 51.2. The number of nitrogens with one attached hydrogen (secondary N) is 4. The first kappa shape index (κ1) is 63.1. The number of anilines is 4. The van der Waals surface area contributed by atoms with E-state index < -0.39 is 60.7 Å². The molecule has 10 N–H and O–H groups in total. The largest absolute Gasteiger partial charge is 0.497 e. The number of imidazole rings is 2. The smallest absolute Gasteiger partial charge is 0.315 e. The highest BCUT2D eigenvalue weighted by Gasteiger charge is 2.47. The zero-order valence-corrected chi connectivity index (χ0v) is 52.9. The summed E-state index contributed by atoms with van der Waals surface area (Å²) < 4.78 is 25.6. The van der Waals surface area contributed by atoms with Crippen molar-refractivity contribution in [3.8, 4) is 23.0 Å². The quantitative estimate of drug-likeness (QED) is 0.0464. The minimum atomic E-state index is -1.27. The third-order valence-electron chi connectivity index (χ3n) is 18.8. The van der Waals surface area contributed by atoms with Gasteiger partial charge < -0.3 is 89.8 Å². The first-order valence-electron chi connectivity index (χ1n) is 31.7. The summed E-state index contributed by atoms with van der Waals surface area (Å²) >= 11 is 0. The number of ether oxygens (including phenoxy) is 4. The Morgan fingerprint density at radius 3 is 1.17 bits per heavy atom. The topological polar surface area (TPSA) is 379 Å². The van der Waals surface area contributed by atoms with Crippen LogP contribution in [-0.2, 0) is 13.2 Å². The zero-order valence-electron chi connectivity index (χ0n) is 52.9. The molecule has 2 saturated carbocycles. The highest BCUT2D eigenvalue weighted by atomic mass is 16.5. The number of carbonyl (C=O) groups is 1. The number of aromatic nitrogens is 14. The predicted molar refractivity (Wildman–Crippen MR) is 348 cm³/mol. The number of hydrogen-bond donors (Lipinski definition) is 10. The number of fused-ring (bicyclic) bond motifs is 2. The van der Waals surface area contributed by atoms with Crippen molar-refractivity contribution in [2.45, 2.75) is 112 Å². The van der Waals surface area contributed by atoms with Gasteiger partial charge >= 0.3 is 6.03 Å². The lowest BCUT2D eigenvalue weighted by Crippen LogP contribution is -2.48. The molecule has 31 nitrogen and oxygen atoms in total. The fourth-order valence-electron chi connectivity index (χ4n) is 13.6. The molecule has 2 aliphatic carbocycles. The van der Waals surface area contributed by atoms with Gasteiger partial charge in [0.1, 0.15) is 70.9 Å². The van der Waals surface area contributed by atoms with Gasteiger partial charge in [-0.05, 0) is 96.5 Å². The normalized spacial score (nSPS) is 22.6. The Morgan fingerprint density at radius 1 is 0.500 bits per heavy atom. The van der Waals surface area contributed by atoms with Crippen LogP contribution in [0.5, 0.6) is 23.0 Å². The highest BCUT2D eigenvalue weighted by Crippen LogP contribution is 2.43. The summed E-state index contributed by atoms with van der Waals surface area (Å²) in [5.41, 5.74) is 5.82. The molecule has 31 heteroatoms. The molecule has 10 aromatic rings. The van der Waals surface area contributed by atoms with Crippen LogP contribution in [0, 0.1) is 0 Å². The van der Waals surface area contributed by atoms with Gasteiger partial charge in [-0.1, -0.05) is 48.5 Å². The van der Waals surface area contributed by atoms with Crippen LogP contribution >= 0.6 is 0 Å². The Hall–Kier alpha value is -10.3. The van der Waals surface area contributed by atoms with Crippen LogP contribution in [0.25, 0.3) is 22.3 Å². The summed E-state index contributed by atoms with van der Waals surface area (Å²) in [5.74, 6) is 4.21. The lowest BCUT2D eigenvalue weighted by atomic mass is 9.98. The summed E-state index contributed by atoms with van der Waals surface area (Å²) in [6.45, 7) is 0.958. The predicted octanol–water partition coefficient (Wildman–Crippen LogP) is 3.54. The summed E-state index contributed by atoms with van der Waals surface area (Å²) in [6.07, 6.45) is 2.47. The van der Waals surface area contributed by atoms with Crippen molar-refractivity contribution in [3.05, 3.63) is 156 Å². The average molecular weight is 1310 g/mol. The fourth-order valence-corrected chi connectivity index (χ4v) is 13.6. The first-order valence-corrected chi connectivity index (χ1v) is 31.7. The second-order valence-electron chi connectivity index (χ2n) is 24.5. The minimum Gasteiger partial charge on any atom is -0.497 e. The lowest BCUT2D eigenvalue weighted by molar-refractivity contribution is 0.00491. The van der Waals surface area contributed by atoms with Gasteiger partial charge in [0.2, 0.25) is 11.9 Å². The second kappa shape index (κ2) is 26.8. The lowest BCUT2D eigenvalue weighted by Gasteiger charge is -2.24. The molecule has 4 aliphatic rings. The van der Waals surface area contributed by atoms with E-state index in [1.165, 1.54) is 22.0 Å². The van der Waals surface area contributed by atoms with Crippen molar-refractivity contribution >= 4 is 51.9 Å². The summed E-state index contributed by atoms with van der Waals surface area (Å²) in [6, 6.07) is 26.0. The molecule has 10 atom stereocenters. The number of urea groups is 1. The maximum absolute atomic E-state index is 14.2. The van der Waals surface area contributed by atoms with E-state index in [4.69, 9.17) is 48.9 Å². The van der Waals surface area contributed by atoms with Crippen LogP contribution in [0.2, 0.25) is 0 Å². The van der Waals surface area contributed by atoms with Crippen LogP contribution in [-0.4, -0.2) is 197 Å². The molecule has 2 saturated heterocycles. The number of aliphatic hydroxyl groups is 6. The Balaban J connectivity index is 0.727. The van der Waals surface area contributed by atoms with E-state index in [1.54, 1.807) is 50.2 Å². The van der Waals surface area contributed by atoms with Crippen molar-refractivity contribution in [3.63, 3.8) is 0 Å². The van der Waals surface area contributed by atoms with Crippen LogP contribution in [0.1, 0.15) is 95.6 Å². The van der Waals surface area contributed by atoms with Gasteiger partial charge in [-0.3, -0.25) is 0 Å². The fraction of sp³-hybridized carbons (Fsp3) is 0.400. The highest BCUT2D eigenvalue weighted by molar-refractivity contribution is 5.86. The van der Waals surface area contributed by atoms with Gasteiger partial charge in [-0.2, -0.15) is 49.9 Å². The standard InChI is InChI=1S/C65H74N20O11/c1-93-43-13-5-35(6-14-43)51(36-7-15-44(94-2)16-8-36)72-59-53-61(82(33-66-53)47-25-49(57(90)55(47)88)84-68-27-41(31-86)78-84)76-63(74-59)80-23-21-39(29-80)70-65(92)71-40-22-24-81(30-40)64-75-60(73-52(37-9-17-45(95-3)18-10-37)38-11-19-46(96-4)20-12-38)54-62(77-64)83(34-67-54)48-26-50(58(91)56(48)89)85-69-28-42(32-87)79-85/h5-20,27-28,33-34,39-40,47-52,55-58,86-91H,21-26,29-32H2,1-4H3,(H2,70,71,92)(H,72,74,76)(H,73,75,77)/t39-,40-,47-,48-,49+,50+,55+,56+,57-,58-/m1/s1. The number of benzene rings is 4. The van der Waals surface area contributed by atoms with E-state index in [0.717, 1.165) is 22.3 Å². The van der Waals surface area contributed by atoms with E-state index in [9.17, 15) is 35.4 Å². The van der Waals surface area contributed by atoms with Crippen molar-refractivity contribution in [1.29, 1.82) is 0 Å². The van der Waals surface area contributed by atoms with E-state index in [-0.39, 0.29) is 44.2 Å². The molecule has 2 amide bonds. The minimum absolute atomic E-state index is 0.209. The summed E-state index contributed by atoms with van der Waals surface area (Å²) in [5, 5.41) is 97.0. The molecule has 2 aliphatic heterocycles. The van der Waals surface area contributed by atoms with Crippen molar-refractivity contribution in [2.75, 3.05) is 75.1 Å². The van der Waals surface area contributed by atoms with Crippen LogP contribution in [0.15, 0.2) is 122 Å². The molecule has 0 radical (unpaired) electrons. The molecule has 0 spiro atoms. The van der Waals surface area contributed by atoms with E-state index in [0.29, 0.717) is 119 Å². The van der Waals surface area contributed by atoms with Crippen LogP contribution in [0.3, 0.4) is 0 Å². The van der Waals surface area contributed by atoms with Crippen molar-refractivity contribution in [2.24, 2.45) is 0 Å². The molecule has 6 aromatic heterocycles. The molecule has 8 heterocycles. The number of nitrogens with zero attached hydrogens (tertiary/aromatic N) is 16. The number of rotatable bonds is 22. The first-order chi connectivity index (χ1) is 46.8. The number of carbonyl (C=O) groups excluding carboxylic acids is 1. The number of methoxy groups -OCH3 is 4. The van der Waals surface area contributed by atoms with Gasteiger partial charge in [0, 0.05) is 38.3 Å². The molecule has 0 unspecified atom stereocenters. The number of aliphatic hydroxyl groups excluding tert-OH is 6. The molecule has 4 fully saturated rings. The molecule has 14 rings (SSSR count). The average Bonchev–Trinajstić information content (AvgIpc) is 1.59. The van der Waals surface area contributed by atoms with E-state index >= 15 is 0 Å². The Bertz CT molecular complexity index is 3980. The molecule has 96 heavy (non-hydrogen) atoms. The van der Waals surface area contributed by atoms with E-state index in [2.05, 4.69) is 41.7 Å². The monoisotopic (exact) mass is 1310 g/mol. The van der Waals surface area contributed by atoms with Crippen molar-refractivity contribution in [1.82, 2.24) is 79.7 Å². The summed E-state index contributed by atoms with van der Waals surface area (Å²) in [7, 11) is 6.45. The van der Waals surface area contributed by atoms with Crippen LogP contribution in [0.4, 0.5) is 28.3 Å². The van der Waals surface area contributed by atoms with Gasteiger partial charge in [-0.15, -0.1) is 0 Å². The maximum Gasteiger partial charge on any atom is 0.315 e. The molecule has 0 bridgehead atoms. The van der Waals surface area contributed by atoms with Gasteiger partial charge in [0.25, 0.3) is 0 Å². The molecule has 4 aromatic carbocycles. The van der Waals surface area contributed by atoms with E-state index in [1.807, 2.05) is 107 Å². The third-order valence-corrected chi connectivity index (χ3v) is 18.8. The molecular formula is C65H74N20O11. The van der Waals surface area contributed by atoms with Gasteiger partial charge in [0.05, 0.1) is 90.9 Å². The molecular weight excluding hydrogens is 1240 g/mol. The third kappa shape index (κ3) is 12.3. The second-order valence-corrected chi connectivity index (χ2v) is 24.5. The number of hydrogen-bond acceptors (Lipinski definition) is 25. The Morgan fingerprint density at radius 2 is 0.844 bits per heavy atom. The SMILES string of the molecule is COc1ccc(C(Nc2nc(N3CC[C@@H](NC(=O)N[C@@H]4CCN(c5nc(NC(c6ccc(OC)cc6)c6ccc(OC)cc6)c6ncn([C@@H]7C[C@H](n8ncc(CO)n8)[C@@H](O)[C@H]7O)c6n5)C4)C3)nc3c2ncn3[C@@H]2C[C@H](n3ncc(CO)n3)[C@@H](O)[C@H]2O)c2ccc(OC)cc2)cc1. The maximum atomic E-state index is 14.2. The number of amides is 2. The zero-order chi connectivity index (χ0) is 66.3. The van der Waals surface area contributed by atoms with Gasteiger partial charge in [-0.25, -0.2) is 14.8 Å².